The molecule has 0 bridgehead atoms. The number of benzene rings is 2. The Balaban J connectivity index is 1.46. The summed E-state index contributed by atoms with van der Waals surface area (Å²) in [6.07, 6.45) is -2.21. The average molecular weight is 503 g/mol. The maximum atomic E-state index is 15.2. The largest absolute Gasteiger partial charge is 0.488 e. The van der Waals surface area contributed by atoms with Crippen molar-refractivity contribution in [2.24, 2.45) is 5.92 Å². The Morgan fingerprint density at radius 1 is 1.14 bits per heavy atom. The van der Waals surface area contributed by atoms with Crippen LogP contribution in [0, 0.1) is 17.6 Å². The van der Waals surface area contributed by atoms with E-state index < -0.39 is 41.4 Å². The minimum absolute atomic E-state index is 0.0956. The highest BCUT2D eigenvalue weighted by molar-refractivity contribution is 5.99. The molecule has 0 radical (unpaired) electrons. The van der Waals surface area contributed by atoms with Crippen LogP contribution in [0.25, 0.3) is 16.6 Å². The van der Waals surface area contributed by atoms with Crippen LogP contribution < -0.4 is 10.5 Å². The molecule has 4 aromatic rings. The Hall–Kier alpha value is -3.96. The topological polar surface area (TPSA) is 85.8 Å². The summed E-state index contributed by atoms with van der Waals surface area (Å²) in [5, 5.41) is 0. The normalized spacial score (nSPS) is 21.5. The number of aromatic nitrogens is 3. The molecule has 2 aromatic carbocycles. The number of carbonyl (C=O) groups excluding carboxylic acids is 1. The van der Waals surface area contributed by atoms with Crippen molar-refractivity contribution in [3.63, 3.8) is 0 Å². The fourth-order valence-electron chi connectivity index (χ4n) is 5.24. The third kappa shape index (κ3) is 3.27. The fourth-order valence-corrected chi connectivity index (χ4v) is 5.24. The predicted molar refractivity (Wildman–Crippen MR) is 118 cm³/mol. The number of carbonyl (C=O) groups is 1. The molecule has 1 saturated heterocycles. The molecule has 1 fully saturated rings. The summed E-state index contributed by atoms with van der Waals surface area (Å²) >= 11 is 0. The van der Waals surface area contributed by atoms with Crippen LogP contribution in [0.5, 0.6) is 5.75 Å². The summed E-state index contributed by atoms with van der Waals surface area (Å²) in [7, 11) is 0. The smallest absolute Gasteiger partial charge is 0.419 e. The van der Waals surface area contributed by atoms with E-state index in [-0.39, 0.29) is 40.7 Å². The van der Waals surface area contributed by atoms with Gasteiger partial charge in [0.05, 0.1) is 40.7 Å². The van der Waals surface area contributed by atoms with Gasteiger partial charge in [-0.25, -0.2) is 18.7 Å². The lowest BCUT2D eigenvalue weighted by Crippen LogP contribution is -2.47. The molecule has 0 saturated carbocycles. The molecule has 2 aromatic heterocycles. The Bertz CT molecular complexity index is 1570. The number of alkyl halides is 3. The molecular weight excluding hydrogens is 485 g/mol. The van der Waals surface area contributed by atoms with Gasteiger partial charge in [-0.15, -0.1) is 0 Å². The Labute approximate surface area is 200 Å². The first-order valence-electron chi connectivity index (χ1n) is 11.1. The standard InChI is InChI=1S/C24H18F5N5O2/c1-10-2-20-21(12-3-15(26)13(24(27,28)29)5-19(12)36-20)33(8-10)23(35)11-4-17-16(6-14(11)25)32-22(30)18-7-31-9-34(17)18/h3-7,9-10,20-21H,2,8H2,1H3,(H2,30,32)/t10-,20+,21+/m1/s1. The number of hydrogen-bond donors (Lipinski definition) is 1. The summed E-state index contributed by atoms with van der Waals surface area (Å²) in [5.41, 5.74) is 5.42. The quantitative estimate of drug-likeness (QED) is 0.379. The summed E-state index contributed by atoms with van der Waals surface area (Å²) in [6, 6.07) is 2.95. The average Bonchev–Trinajstić information content (AvgIpc) is 3.42. The molecule has 1 amide bonds. The van der Waals surface area contributed by atoms with Crippen molar-refractivity contribution in [2.75, 3.05) is 12.3 Å². The van der Waals surface area contributed by atoms with Crippen molar-refractivity contribution in [3.05, 3.63) is 65.1 Å². The van der Waals surface area contributed by atoms with E-state index in [1.807, 2.05) is 6.92 Å². The Kier molecular flexibility index (Phi) is 4.70. The third-order valence-electron chi connectivity index (χ3n) is 6.79. The number of fused-ring (bicyclic) bond motifs is 6. The zero-order chi connectivity index (χ0) is 25.5. The molecule has 6 rings (SSSR count). The number of halogens is 5. The lowest BCUT2D eigenvalue weighted by molar-refractivity contribution is -0.140. The lowest BCUT2D eigenvalue weighted by atomic mass is 9.88. The lowest BCUT2D eigenvalue weighted by Gasteiger charge is -2.39. The molecular formula is C24H18F5N5O2. The Morgan fingerprint density at radius 3 is 2.67 bits per heavy atom. The van der Waals surface area contributed by atoms with E-state index in [1.165, 1.54) is 23.5 Å². The van der Waals surface area contributed by atoms with Gasteiger partial charge in [-0.1, -0.05) is 6.92 Å². The summed E-state index contributed by atoms with van der Waals surface area (Å²) in [6.45, 7) is 2.03. The fraction of sp³-hybridized carbons (Fsp3) is 0.292. The van der Waals surface area contributed by atoms with Crippen molar-refractivity contribution in [2.45, 2.75) is 31.7 Å². The monoisotopic (exact) mass is 503 g/mol. The number of rotatable bonds is 1. The number of piperidine rings is 1. The molecule has 36 heavy (non-hydrogen) atoms. The summed E-state index contributed by atoms with van der Waals surface area (Å²) < 4.78 is 76.7. The first-order chi connectivity index (χ1) is 17.0. The highest BCUT2D eigenvalue weighted by atomic mass is 19.4. The number of nitrogens with zero attached hydrogens (tertiary/aromatic N) is 4. The molecule has 2 N–H and O–H groups in total. The van der Waals surface area contributed by atoms with Crippen LogP contribution in [0.15, 0.2) is 36.8 Å². The number of nitrogens with two attached hydrogens (primary N) is 1. The van der Waals surface area contributed by atoms with Crippen LogP contribution in [0.2, 0.25) is 0 Å². The molecule has 12 heteroatoms. The van der Waals surface area contributed by atoms with Crippen molar-refractivity contribution >= 4 is 28.3 Å². The number of anilines is 1. The van der Waals surface area contributed by atoms with Gasteiger partial charge in [0.1, 0.15) is 34.8 Å². The maximum Gasteiger partial charge on any atom is 0.419 e. The molecule has 7 nitrogen and oxygen atoms in total. The first-order valence-corrected chi connectivity index (χ1v) is 11.1. The SMILES string of the molecule is C[C@@H]1C[C@@H]2Oc3cc(C(F)(F)F)c(F)cc3[C@@H]2N(C(=O)c2cc3c(cc2F)nc(N)c2cncn23)C1. The van der Waals surface area contributed by atoms with Gasteiger partial charge in [-0.05, 0) is 30.5 Å². The van der Waals surface area contributed by atoms with Crippen LogP contribution in [0.1, 0.15) is 40.9 Å². The molecule has 0 spiro atoms. The van der Waals surface area contributed by atoms with Crippen LogP contribution in [0.4, 0.5) is 27.8 Å². The van der Waals surface area contributed by atoms with Crippen molar-refractivity contribution in [1.29, 1.82) is 0 Å². The van der Waals surface area contributed by atoms with Gasteiger partial charge in [0.15, 0.2) is 0 Å². The minimum Gasteiger partial charge on any atom is -0.488 e. The van der Waals surface area contributed by atoms with E-state index >= 15 is 4.39 Å². The number of amides is 1. The van der Waals surface area contributed by atoms with Gasteiger partial charge in [-0.3, -0.25) is 9.20 Å². The van der Waals surface area contributed by atoms with E-state index in [4.69, 9.17) is 10.5 Å². The predicted octanol–water partition coefficient (Wildman–Crippen LogP) is 4.75. The van der Waals surface area contributed by atoms with E-state index in [0.717, 1.165) is 12.1 Å². The van der Waals surface area contributed by atoms with E-state index in [1.54, 1.807) is 4.40 Å². The van der Waals surface area contributed by atoms with Crippen LogP contribution in [0.3, 0.4) is 0 Å². The second-order valence-corrected chi connectivity index (χ2v) is 9.23. The van der Waals surface area contributed by atoms with Crippen LogP contribution >= 0.6 is 0 Å². The van der Waals surface area contributed by atoms with Crippen molar-refractivity contribution in [3.8, 4) is 5.75 Å². The molecule has 2 aliphatic heterocycles. The van der Waals surface area contributed by atoms with Gasteiger partial charge >= 0.3 is 6.18 Å². The van der Waals surface area contributed by atoms with Gasteiger partial charge < -0.3 is 15.4 Å². The number of hydrogen-bond acceptors (Lipinski definition) is 5. The Morgan fingerprint density at radius 2 is 1.92 bits per heavy atom. The minimum atomic E-state index is -4.90. The number of likely N-dealkylation sites (tertiary alicyclic amines) is 1. The second kappa shape index (κ2) is 7.52. The number of nitrogen functional groups attached to an aromatic ring is 1. The number of imidazole rings is 1. The highest BCUT2D eigenvalue weighted by Gasteiger charge is 2.47. The molecule has 3 atom stereocenters. The van der Waals surface area contributed by atoms with Gasteiger partial charge in [-0.2, -0.15) is 13.2 Å². The maximum absolute atomic E-state index is 15.2. The molecule has 0 aliphatic carbocycles. The van der Waals surface area contributed by atoms with E-state index in [2.05, 4.69) is 9.97 Å². The first kappa shape index (κ1) is 22.5. The number of ether oxygens (including phenoxy) is 1. The zero-order valence-corrected chi connectivity index (χ0v) is 18.7. The van der Waals surface area contributed by atoms with Gasteiger partial charge in [0.2, 0.25) is 0 Å². The van der Waals surface area contributed by atoms with Crippen molar-refractivity contribution in [1.82, 2.24) is 19.3 Å². The van der Waals surface area contributed by atoms with Crippen LogP contribution in [-0.4, -0.2) is 37.8 Å². The summed E-state index contributed by atoms with van der Waals surface area (Å²) in [5.74, 6) is -3.08. The highest BCUT2D eigenvalue weighted by Crippen LogP contribution is 2.48. The second-order valence-electron chi connectivity index (χ2n) is 9.23. The molecule has 2 aliphatic rings. The van der Waals surface area contributed by atoms with Crippen LogP contribution in [-0.2, 0) is 6.18 Å². The molecule has 0 unspecified atom stereocenters. The summed E-state index contributed by atoms with van der Waals surface area (Å²) in [4.78, 5) is 23.3. The molecule has 186 valence electrons. The van der Waals surface area contributed by atoms with Gasteiger partial charge in [0, 0.05) is 18.2 Å². The van der Waals surface area contributed by atoms with Crippen molar-refractivity contribution < 1.29 is 31.5 Å². The molecule has 4 heterocycles. The third-order valence-corrected chi connectivity index (χ3v) is 6.79. The van der Waals surface area contributed by atoms with Gasteiger partial charge in [0.25, 0.3) is 5.91 Å². The van der Waals surface area contributed by atoms with E-state index in [0.29, 0.717) is 23.5 Å². The zero-order valence-electron chi connectivity index (χ0n) is 18.7. The van der Waals surface area contributed by atoms with E-state index in [9.17, 15) is 22.4 Å².